The molecule has 0 radical (unpaired) electrons. The standard InChI is InChI=1S/C9H9ClO2/c10-7-12-6-9(11)8-4-2-1-3-5-8/h1-5H,6-7H2. The van der Waals surface area contributed by atoms with E-state index in [-0.39, 0.29) is 18.5 Å². The van der Waals surface area contributed by atoms with E-state index in [9.17, 15) is 4.79 Å². The monoisotopic (exact) mass is 184 g/mol. The topological polar surface area (TPSA) is 26.3 Å². The van der Waals surface area contributed by atoms with Gasteiger partial charge in [-0.1, -0.05) is 41.9 Å². The maximum atomic E-state index is 11.2. The number of carbonyl (C=O) groups excluding carboxylic acids is 1. The van der Waals surface area contributed by atoms with Gasteiger partial charge < -0.3 is 4.74 Å². The van der Waals surface area contributed by atoms with Crippen molar-refractivity contribution in [1.82, 2.24) is 0 Å². The number of hydrogen-bond donors (Lipinski definition) is 0. The molecule has 0 N–H and O–H groups in total. The quantitative estimate of drug-likeness (QED) is 0.529. The van der Waals surface area contributed by atoms with Gasteiger partial charge in [-0.25, -0.2) is 0 Å². The maximum Gasteiger partial charge on any atom is 0.188 e. The Hall–Kier alpha value is -0.860. The van der Waals surface area contributed by atoms with Crippen LogP contribution in [0.25, 0.3) is 0 Å². The Morgan fingerprint density at radius 1 is 1.33 bits per heavy atom. The fourth-order valence-corrected chi connectivity index (χ4v) is 0.916. The molecule has 0 aliphatic heterocycles. The molecule has 0 aromatic heterocycles. The summed E-state index contributed by atoms with van der Waals surface area (Å²) >= 11 is 5.26. The van der Waals surface area contributed by atoms with Gasteiger partial charge in [-0.05, 0) is 0 Å². The van der Waals surface area contributed by atoms with Crippen LogP contribution in [0.5, 0.6) is 0 Å². The van der Waals surface area contributed by atoms with E-state index in [1.165, 1.54) is 0 Å². The summed E-state index contributed by atoms with van der Waals surface area (Å²) in [6.07, 6.45) is 0. The maximum absolute atomic E-state index is 11.2. The third-order valence-electron chi connectivity index (χ3n) is 1.41. The number of ketones is 1. The second-order valence-corrected chi connectivity index (χ2v) is 2.46. The predicted molar refractivity (Wildman–Crippen MR) is 47.4 cm³/mol. The van der Waals surface area contributed by atoms with E-state index in [4.69, 9.17) is 16.3 Å². The zero-order valence-electron chi connectivity index (χ0n) is 6.50. The van der Waals surface area contributed by atoms with Crippen molar-refractivity contribution >= 4 is 17.4 Å². The molecule has 0 atom stereocenters. The smallest absolute Gasteiger partial charge is 0.188 e. The summed E-state index contributed by atoms with van der Waals surface area (Å²) in [6.45, 7) is 0.0491. The zero-order valence-corrected chi connectivity index (χ0v) is 7.25. The van der Waals surface area contributed by atoms with Crippen LogP contribution in [0.3, 0.4) is 0 Å². The van der Waals surface area contributed by atoms with Gasteiger partial charge in [-0.3, -0.25) is 4.79 Å². The molecule has 0 spiro atoms. The van der Waals surface area contributed by atoms with Gasteiger partial charge in [-0.15, -0.1) is 0 Å². The molecule has 2 nitrogen and oxygen atoms in total. The van der Waals surface area contributed by atoms with E-state index in [0.29, 0.717) is 5.56 Å². The average molecular weight is 185 g/mol. The highest BCUT2D eigenvalue weighted by atomic mass is 35.5. The first-order valence-corrected chi connectivity index (χ1v) is 4.10. The van der Waals surface area contributed by atoms with Crippen molar-refractivity contribution < 1.29 is 9.53 Å². The highest BCUT2D eigenvalue weighted by molar-refractivity contribution is 6.17. The van der Waals surface area contributed by atoms with Crippen molar-refractivity contribution in [3.63, 3.8) is 0 Å². The lowest BCUT2D eigenvalue weighted by atomic mass is 10.1. The van der Waals surface area contributed by atoms with E-state index >= 15 is 0 Å². The van der Waals surface area contributed by atoms with Crippen molar-refractivity contribution in [3.8, 4) is 0 Å². The van der Waals surface area contributed by atoms with Crippen molar-refractivity contribution in [2.45, 2.75) is 0 Å². The van der Waals surface area contributed by atoms with Crippen LogP contribution in [-0.4, -0.2) is 18.5 Å². The average Bonchev–Trinajstić information content (AvgIpc) is 2.15. The van der Waals surface area contributed by atoms with Gasteiger partial charge >= 0.3 is 0 Å². The van der Waals surface area contributed by atoms with Crippen LogP contribution in [0.4, 0.5) is 0 Å². The van der Waals surface area contributed by atoms with Gasteiger partial charge in [0.15, 0.2) is 5.78 Å². The second kappa shape index (κ2) is 4.91. The number of benzene rings is 1. The molecule has 0 fully saturated rings. The van der Waals surface area contributed by atoms with Crippen LogP contribution in [0.15, 0.2) is 30.3 Å². The van der Waals surface area contributed by atoms with Crippen molar-refractivity contribution in [3.05, 3.63) is 35.9 Å². The molecule has 0 bridgehead atoms. The van der Waals surface area contributed by atoms with Crippen molar-refractivity contribution in [2.24, 2.45) is 0 Å². The molecular weight excluding hydrogens is 176 g/mol. The summed E-state index contributed by atoms with van der Waals surface area (Å²) < 4.78 is 4.77. The molecule has 0 saturated heterocycles. The number of alkyl halides is 1. The van der Waals surface area contributed by atoms with Crippen molar-refractivity contribution in [1.29, 1.82) is 0 Å². The third-order valence-corrected chi connectivity index (χ3v) is 1.56. The number of Topliss-reactive ketones (excluding diaryl/α,β-unsaturated/α-hetero) is 1. The van der Waals surface area contributed by atoms with Crippen LogP contribution >= 0.6 is 11.6 Å². The summed E-state index contributed by atoms with van der Waals surface area (Å²) in [6, 6.07) is 9.04. The fourth-order valence-electron chi connectivity index (χ4n) is 0.839. The van der Waals surface area contributed by atoms with Gasteiger partial charge in [0.05, 0.1) is 0 Å². The number of carbonyl (C=O) groups is 1. The number of hydrogen-bond acceptors (Lipinski definition) is 2. The van der Waals surface area contributed by atoms with Crippen LogP contribution < -0.4 is 0 Å². The lowest BCUT2D eigenvalue weighted by molar-refractivity contribution is 0.0827. The van der Waals surface area contributed by atoms with Gasteiger partial charge in [0.2, 0.25) is 0 Å². The Balaban J connectivity index is 2.54. The Kier molecular flexibility index (Phi) is 3.77. The molecule has 0 aliphatic carbocycles. The molecule has 1 aromatic rings. The van der Waals surface area contributed by atoms with E-state index in [2.05, 4.69) is 0 Å². The SMILES string of the molecule is O=C(COCCl)c1ccccc1. The lowest BCUT2D eigenvalue weighted by Gasteiger charge is -1.98. The van der Waals surface area contributed by atoms with E-state index in [1.54, 1.807) is 12.1 Å². The summed E-state index contributed by atoms with van der Waals surface area (Å²) in [7, 11) is 0. The molecule has 0 saturated carbocycles. The van der Waals surface area contributed by atoms with Gasteiger partial charge in [0, 0.05) is 5.56 Å². The minimum absolute atomic E-state index is 0.0451. The summed E-state index contributed by atoms with van der Waals surface area (Å²) in [5.74, 6) is -0.0451. The number of halogens is 1. The Morgan fingerprint density at radius 3 is 2.58 bits per heavy atom. The summed E-state index contributed by atoms with van der Waals surface area (Å²) in [5, 5.41) is 0. The minimum Gasteiger partial charge on any atom is -0.358 e. The molecule has 64 valence electrons. The molecule has 0 unspecified atom stereocenters. The van der Waals surface area contributed by atoms with Gasteiger partial charge in [-0.2, -0.15) is 0 Å². The summed E-state index contributed by atoms with van der Waals surface area (Å²) in [4.78, 5) is 11.2. The Labute approximate surface area is 76.1 Å². The normalized spacial score (nSPS) is 9.75. The van der Waals surface area contributed by atoms with E-state index in [0.717, 1.165) is 0 Å². The zero-order chi connectivity index (χ0) is 8.81. The molecule has 0 heterocycles. The predicted octanol–water partition coefficient (Wildman–Crippen LogP) is 2.08. The number of ether oxygens (including phenoxy) is 1. The minimum atomic E-state index is -0.0451. The third kappa shape index (κ3) is 2.64. The molecular formula is C9H9ClO2. The van der Waals surface area contributed by atoms with Gasteiger partial charge in [0.25, 0.3) is 0 Å². The molecule has 1 rings (SSSR count). The van der Waals surface area contributed by atoms with Crippen molar-refractivity contribution in [2.75, 3.05) is 12.7 Å². The molecule has 12 heavy (non-hydrogen) atoms. The lowest BCUT2D eigenvalue weighted by Crippen LogP contribution is -2.07. The first-order valence-electron chi connectivity index (χ1n) is 3.56. The highest BCUT2D eigenvalue weighted by Gasteiger charge is 2.03. The van der Waals surface area contributed by atoms with Gasteiger partial charge in [0.1, 0.15) is 12.7 Å². The Bertz CT molecular complexity index is 246. The summed E-state index contributed by atoms with van der Waals surface area (Å²) in [5.41, 5.74) is 0.655. The van der Waals surface area contributed by atoms with Crippen LogP contribution in [0, 0.1) is 0 Å². The highest BCUT2D eigenvalue weighted by Crippen LogP contribution is 1.99. The van der Waals surface area contributed by atoms with Crippen LogP contribution in [0.2, 0.25) is 0 Å². The molecule has 3 heteroatoms. The van der Waals surface area contributed by atoms with E-state index < -0.39 is 0 Å². The van der Waals surface area contributed by atoms with Crippen LogP contribution in [0.1, 0.15) is 10.4 Å². The Morgan fingerprint density at radius 2 is 2.00 bits per heavy atom. The first kappa shape index (κ1) is 9.23. The molecule has 1 aromatic carbocycles. The largest absolute Gasteiger partial charge is 0.358 e. The number of rotatable bonds is 4. The first-order chi connectivity index (χ1) is 5.84. The van der Waals surface area contributed by atoms with E-state index in [1.807, 2.05) is 18.2 Å². The second-order valence-electron chi connectivity index (χ2n) is 2.25. The molecule has 0 aliphatic rings. The molecule has 0 amide bonds. The fraction of sp³-hybridized carbons (Fsp3) is 0.222. The van der Waals surface area contributed by atoms with Crippen LogP contribution in [-0.2, 0) is 4.74 Å².